The monoisotopic (exact) mass is 343 g/mol. The van der Waals surface area contributed by atoms with E-state index in [1.54, 1.807) is 0 Å². The van der Waals surface area contributed by atoms with E-state index in [1.807, 2.05) is 27.7 Å². The second-order valence-electron chi connectivity index (χ2n) is 7.11. The van der Waals surface area contributed by atoms with E-state index < -0.39 is 36.7 Å². The van der Waals surface area contributed by atoms with E-state index in [0.717, 1.165) is 6.07 Å². The maximum absolute atomic E-state index is 14.0. The molecule has 1 aliphatic rings. The van der Waals surface area contributed by atoms with Crippen LogP contribution in [0.25, 0.3) is 10.9 Å². The molecule has 0 spiro atoms. The Hall–Kier alpha value is -1.54. The van der Waals surface area contributed by atoms with Gasteiger partial charge in [0.2, 0.25) is 0 Å². The molecule has 130 valence electrons. The van der Waals surface area contributed by atoms with Gasteiger partial charge in [0, 0.05) is 22.6 Å². The molecular weight excluding hydrogens is 325 g/mol. The molecule has 1 N–H and O–H groups in total. The number of fused-ring (bicyclic) bond motifs is 1. The zero-order chi connectivity index (χ0) is 17.9. The van der Waals surface area contributed by atoms with Crippen LogP contribution in [0.5, 0.6) is 0 Å². The smallest absolute Gasteiger partial charge is 0.399 e. The van der Waals surface area contributed by atoms with E-state index in [2.05, 4.69) is 4.98 Å². The van der Waals surface area contributed by atoms with Gasteiger partial charge in [0.25, 0.3) is 0 Å². The summed E-state index contributed by atoms with van der Waals surface area (Å²) >= 11 is 0. The summed E-state index contributed by atoms with van der Waals surface area (Å²) in [6.07, 6.45) is -4.24. The molecule has 1 fully saturated rings. The van der Waals surface area contributed by atoms with E-state index in [1.165, 1.54) is 12.3 Å². The minimum absolute atomic E-state index is 0.00485. The second kappa shape index (κ2) is 5.23. The minimum atomic E-state index is -4.37. The zero-order valence-corrected chi connectivity index (χ0v) is 13.8. The van der Waals surface area contributed by atoms with Gasteiger partial charge in [-0.3, -0.25) is 0 Å². The van der Waals surface area contributed by atoms with Crippen molar-refractivity contribution in [3.63, 3.8) is 0 Å². The molecule has 1 aliphatic heterocycles. The van der Waals surface area contributed by atoms with E-state index >= 15 is 0 Å². The largest absolute Gasteiger partial charge is 0.497 e. The van der Waals surface area contributed by atoms with Crippen molar-refractivity contribution in [2.45, 2.75) is 51.5 Å². The number of halogens is 4. The topological polar surface area (TPSA) is 34.2 Å². The van der Waals surface area contributed by atoms with Crippen LogP contribution in [0.3, 0.4) is 0 Å². The lowest BCUT2D eigenvalue weighted by Crippen LogP contribution is -2.41. The van der Waals surface area contributed by atoms with Gasteiger partial charge in [0.15, 0.2) is 0 Å². The highest BCUT2D eigenvalue weighted by atomic mass is 19.4. The molecule has 8 heteroatoms. The number of rotatable bonds is 2. The first kappa shape index (κ1) is 17.3. The summed E-state index contributed by atoms with van der Waals surface area (Å²) in [6.45, 7) is 7.42. The van der Waals surface area contributed by atoms with Crippen LogP contribution in [-0.2, 0) is 15.7 Å². The summed E-state index contributed by atoms with van der Waals surface area (Å²) in [5.74, 6) is -0.629. The quantitative estimate of drug-likeness (QED) is 0.666. The van der Waals surface area contributed by atoms with Gasteiger partial charge in [0.05, 0.1) is 17.6 Å². The Kier molecular flexibility index (Phi) is 3.77. The van der Waals surface area contributed by atoms with E-state index in [-0.39, 0.29) is 10.9 Å². The van der Waals surface area contributed by atoms with Gasteiger partial charge in [0.1, 0.15) is 5.82 Å². The maximum atomic E-state index is 14.0. The van der Waals surface area contributed by atoms with Gasteiger partial charge < -0.3 is 14.3 Å². The van der Waals surface area contributed by atoms with Crippen molar-refractivity contribution in [2.75, 3.05) is 0 Å². The van der Waals surface area contributed by atoms with Crippen LogP contribution >= 0.6 is 0 Å². The number of aromatic nitrogens is 1. The third-order valence-corrected chi connectivity index (χ3v) is 4.77. The summed E-state index contributed by atoms with van der Waals surface area (Å²) in [6, 6.07) is 2.33. The average molecular weight is 343 g/mol. The molecule has 1 saturated heterocycles. The standard InChI is InChI=1S/C16H18BF4NO2/c1-14(2)15(3,4)24-17(23-14)12-6-10(18)5-11-9(7-16(19,20)21)8-22-13(11)12/h5-6,8,22H,7H2,1-4H3. The van der Waals surface area contributed by atoms with Gasteiger partial charge in [-0.05, 0) is 45.4 Å². The van der Waals surface area contributed by atoms with E-state index in [0.29, 0.717) is 11.0 Å². The summed E-state index contributed by atoms with van der Waals surface area (Å²) < 4.78 is 63.9. The Morgan fingerprint density at radius 1 is 1.08 bits per heavy atom. The average Bonchev–Trinajstić information content (AvgIpc) is 2.86. The first-order valence-corrected chi connectivity index (χ1v) is 7.61. The minimum Gasteiger partial charge on any atom is -0.399 e. The Balaban J connectivity index is 2.07. The predicted molar refractivity (Wildman–Crippen MR) is 83.7 cm³/mol. The molecule has 0 aliphatic carbocycles. The number of aromatic amines is 1. The molecule has 2 aromatic rings. The fraction of sp³-hybridized carbons (Fsp3) is 0.500. The number of alkyl halides is 3. The van der Waals surface area contributed by atoms with Crippen molar-refractivity contribution in [1.29, 1.82) is 0 Å². The molecule has 3 rings (SSSR count). The van der Waals surface area contributed by atoms with Gasteiger partial charge in [-0.25, -0.2) is 4.39 Å². The van der Waals surface area contributed by atoms with Crippen LogP contribution in [0.4, 0.5) is 17.6 Å². The number of hydrogen-bond donors (Lipinski definition) is 1. The van der Waals surface area contributed by atoms with Crippen molar-refractivity contribution in [3.05, 3.63) is 29.7 Å². The molecule has 0 radical (unpaired) electrons. The number of H-pyrrole nitrogens is 1. The van der Waals surface area contributed by atoms with Crippen LogP contribution in [0.15, 0.2) is 18.3 Å². The Morgan fingerprint density at radius 2 is 1.67 bits per heavy atom. The van der Waals surface area contributed by atoms with Crippen molar-refractivity contribution in [3.8, 4) is 0 Å². The molecule has 24 heavy (non-hydrogen) atoms. The lowest BCUT2D eigenvalue weighted by molar-refractivity contribution is -0.127. The van der Waals surface area contributed by atoms with E-state index in [9.17, 15) is 17.6 Å². The van der Waals surface area contributed by atoms with Crippen molar-refractivity contribution < 1.29 is 26.9 Å². The molecule has 0 unspecified atom stereocenters. The molecular formula is C16H18BF4NO2. The first-order valence-electron chi connectivity index (χ1n) is 7.61. The zero-order valence-electron chi connectivity index (χ0n) is 13.8. The first-order chi connectivity index (χ1) is 10.9. The third kappa shape index (κ3) is 2.93. The van der Waals surface area contributed by atoms with Crippen molar-refractivity contribution in [1.82, 2.24) is 4.98 Å². The van der Waals surface area contributed by atoms with E-state index in [4.69, 9.17) is 9.31 Å². The van der Waals surface area contributed by atoms with Crippen LogP contribution in [0, 0.1) is 5.82 Å². The molecule has 1 aromatic heterocycles. The van der Waals surface area contributed by atoms with Crippen LogP contribution in [0.1, 0.15) is 33.3 Å². The molecule has 2 heterocycles. The molecule has 0 saturated carbocycles. The fourth-order valence-electron chi connectivity index (χ4n) is 2.80. The summed E-state index contributed by atoms with van der Waals surface area (Å²) in [7, 11) is -0.856. The summed E-state index contributed by atoms with van der Waals surface area (Å²) in [4.78, 5) is 2.81. The molecule has 3 nitrogen and oxygen atoms in total. The highest BCUT2D eigenvalue weighted by molar-refractivity contribution is 6.65. The third-order valence-electron chi connectivity index (χ3n) is 4.77. The number of benzene rings is 1. The SMILES string of the molecule is CC1(C)OB(c2cc(F)cc3c(CC(F)(F)F)c[nH]c23)OC1(C)C. The van der Waals surface area contributed by atoms with Crippen molar-refractivity contribution in [2.24, 2.45) is 0 Å². The molecule has 0 amide bonds. The van der Waals surface area contributed by atoms with Crippen LogP contribution in [0.2, 0.25) is 0 Å². The second-order valence-corrected chi connectivity index (χ2v) is 7.11. The lowest BCUT2D eigenvalue weighted by Gasteiger charge is -2.32. The maximum Gasteiger partial charge on any atom is 0.497 e. The van der Waals surface area contributed by atoms with Gasteiger partial charge in [-0.1, -0.05) is 0 Å². The van der Waals surface area contributed by atoms with Gasteiger partial charge in [-0.15, -0.1) is 0 Å². The Bertz CT molecular complexity index is 766. The van der Waals surface area contributed by atoms with Gasteiger partial charge in [-0.2, -0.15) is 13.2 Å². The highest BCUT2D eigenvalue weighted by Crippen LogP contribution is 2.37. The van der Waals surface area contributed by atoms with Crippen molar-refractivity contribution >= 4 is 23.5 Å². The van der Waals surface area contributed by atoms with Crippen LogP contribution in [-0.4, -0.2) is 29.5 Å². The van der Waals surface area contributed by atoms with Gasteiger partial charge >= 0.3 is 13.3 Å². The summed E-state index contributed by atoms with van der Waals surface area (Å²) in [5, 5.41) is 0.192. The Labute approximate surface area is 137 Å². The number of hydrogen-bond acceptors (Lipinski definition) is 2. The number of nitrogens with one attached hydrogen (secondary N) is 1. The molecule has 0 atom stereocenters. The highest BCUT2D eigenvalue weighted by Gasteiger charge is 2.52. The van der Waals surface area contributed by atoms with Crippen LogP contribution < -0.4 is 5.46 Å². The molecule has 0 bridgehead atoms. The molecule has 1 aromatic carbocycles. The fourth-order valence-corrected chi connectivity index (χ4v) is 2.80. The summed E-state index contributed by atoms with van der Waals surface area (Å²) in [5.41, 5.74) is -0.504. The lowest BCUT2D eigenvalue weighted by atomic mass is 9.77. The predicted octanol–water partition coefficient (Wildman–Crippen LogP) is 3.71. The Morgan fingerprint density at radius 3 is 2.21 bits per heavy atom. The normalized spacial score (nSPS) is 20.1.